The van der Waals surface area contributed by atoms with Crippen LogP contribution in [0.15, 0.2) is 43.0 Å². The van der Waals surface area contributed by atoms with Gasteiger partial charge < -0.3 is 9.84 Å². The van der Waals surface area contributed by atoms with E-state index in [1.807, 2.05) is 0 Å². The lowest BCUT2D eigenvalue weighted by atomic mass is 10.3. The first-order chi connectivity index (χ1) is 10.7. The highest BCUT2D eigenvalue weighted by molar-refractivity contribution is 5.85. The van der Waals surface area contributed by atoms with Crippen LogP contribution in [0.5, 0.6) is 5.88 Å². The Morgan fingerprint density at radius 1 is 1.14 bits per heavy atom. The third-order valence-electron chi connectivity index (χ3n) is 2.95. The zero-order valence-corrected chi connectivity index (χ0v) is 11.5. The van der Waals surface area contributed by atoms with E-state index in [1.54, 1.807) is 42.4 Å². The number of carboxylic acids is 1. The van der Waals surface area contributed by atoms with Gasteiger partial charge in [-0.15, -0.1) is 0 Å². The minimum absolute atomic E-state index is 0.110. The molecule has 0 spiro atoms. The van der Waals surface area contributed by atoms with Gasteiger partial charge >= 0.3 is 5.97 Å². The Morgan fingerprint density at radius 3 is 2.59 bits per heavy atom. The zero-order valence-electron chi connectivity index (χ0n) is 11.5. The molecule has 0 saturated heterocycles. The summed E-state index contributed by atoms with van der Waals surface area (Å²) in [4.78, 5) is 22.9. The number of pyridine rings is 1. The molecule has 0 aliphatic rings. The molecule has 0 amide bonds. The van der Waals surface area contributed by atoms with E-state index in [-0.39, 0.29) is 5.69 Å². The van der Waals surface area contributed by atoms with Gasteiger partial charge in [-0.3, -0.25) is 4.98 Å². The van der Waals surface area contributed by atoms with Crippen molar-refractivity contribution in [3.05, 3.63) is 48.7 Å². The molecule has 0 fully saturated rings. The Labute approximate surface area is 125 Å². The van der Waals surface area contributed by atoms with Crippen molar-refractivity contribution in [2.24, 2.45) is 0 Å². The van der Waals surface area contributed by atoms with Gasteiger partial charge in [-0.05, 0) is 12.1 Å². The van der Waals surface area contributed by atoms with E-state index in [1.165, 1.54) is 12.4 Å². The van der Waals surface area contributed by atoms with Crippen molar-refractivity contribution < 1.29 is 14.6 Å². The molecule has 0 aromatic carbocycles. The van der Waals surface area contributed by atoms with Crippen LogP contribution in [0.3, 0.4) is 0 Å². The first kappa shape index (κ1) is 13.7. The van der Waals surface area contributed by atoms with Gasteiger partial charge in [0, 0.05) is 6.07 Å². The monoisotopic (exact) mass is 297 g/mol. The fraction of sp³-hybridized carbons (Fsp3) is 0.0714. The van der Waals surface area contributed by atoms with E-state index >= 15 is 0 Å². The molecular weight excluding hydrogens is 286 g/mol. The van der Waals surface area contributed by atoms with Crippen molar-refractivity contribution in [2.45, 2.75) is 0 Å². The van der Waals surface area contributed by atoms with Crippen molar-refractivity contribution in [3.63, 3.8) is 0 Å². The first-order valence-electron chi connectivity index (χ1n) is 6.29. The summed E-state index contributed by atoms with van der Waals surface area (Å²) in [5, 5.41) is 13.1. The molecule has 1 N–H and O–H groups in total. The number of hydrogen-bond donors (Lipinski definition) is 1. The standard InChI is InChI=1S/C14H11N5O3/c1-22-13-3-2-9(6-17-13)19-12(4-5-18-19)10-7-16-11(8-15-10)14(20)21/h2-8H,1H3,(H,20,21). The van der Waals surface area contributed by atoms with Gasteiger partial charge in [-0.1, -0.05) is 0 Å². The highest BCUT2D eigenvalue weighted by Gasteiger charge is 2.11. The highest BCUT2D eigenvalue weighted by atomic mass is 16.5. The number of aromatic carboxylic acids is 1. The average Bonchev–Trinajstić information content (AvgIpc) is 3.04. The van der Waals surface area contributed by atoms with Gasteiger partial charge in [-0.25, -0.2) is 19.4 Å². The van der Waals surface area contributed by atoms with E-state index in [9.17, 15) is 4.79 Å². The largest absolute Gasteiger partial charge is 0.481 e. The summed E-state index contributed by atoms with van der Waals surface area (Å²) < 4.78 is 6.65. The molecule has 8 heteroatoms. The molecule has 8 nitrogen and oxygen atoms in total. The quantitative estimate of drug-likeness (QED) is 0.776. The average molecular weight is 297 g/mol. The van der Waals surface area contributed by atoms with Crippen LogP contribution in [0.2, 0.25) is 0 Å². The van der Waals surface area contributed by atoms with E-state index in [2.05, 4.69) is 20.1 Å². The SMILES string of the molecule is COc1ccc(-n2nccc2-c2cnc(C(=O)O)cn2)cn1. The minimum atomic E-state index is -1.12. The first-order valence-corrected chi connectivity index (χ1v) is 6.29. The van der Waals surface area contributed by atoms with Crippen molar-refractivity contribution in [2.75, 3.05) is 7.11 Å². The maximum Gasteiger partial charge on any atom is 0.356 e. The minimum Gasteiger partial charge on any atom is -0.481 e. The van der Waals surface area contributed by atoms with Crippen LogP contribution in [-0.2, 0) is 0 Å². The summed E-state index contributed by atoms with van der Waals surface area (Å²) in [6, 6.07) is 5.29. The van der Waals surface area contributed by atoms with Crippen LogP contribution in [0, 0.1) is 0 Å². The number of carboxylic acid groups (broad SMARTS) is 1. The lowest BCUT2D eigenvalue weighted by Gasteiger charge is -2.07. The second kappa shape index (κ2) is 5.60. The highest BCUT2D eigenvalue weighted by Crippen LogP contribution is 2.20. The molecule has 0 radical (unpaired) electrons. The fourth-order valence-corrected chi connectivity index (χ4v) is 1.89. The molecule has 22 heavy (non-hydrogen) atoms. The summed E-state index contributed by atoms with van der Waals surface area (Å²) in [7, 11) is 1.54. The molecule has 3 rings (SSSR count). The third-order valence-corrected chi connectivity index (χ3v) is 2.95. The summed E-state index contributed by atoms with van der Waals surface area (Å²) in [6.45, 7) is 0. The summed E-state index contributed by atoms with van der Waals surface area (Å²) >= 11 is 0. The van der Waals surface area contributed by atoms with Gasteiger partial charge in [0.15, 0.2) is 5.69 Å². The van der Waals surface area contributed by atoms with Crippen LogP contribution in [0.25, 0.3) is 17.1 Å². The Kier molecular flexibility index (Phi) is 3.48. The summed E-state index contributed by atoms with van der Waals surface area (Å²) in [6.07, 6.45) is 5.84. The Bertz CT molecular complexity index is 796. The number of aromatic nitrogens is 5. The number of rotatable bonds is 4. The summed E-state index contributed by atoms with van der Waals surface area (Å²) in [5.74, 6) is -0.616. The second-order valence-corrected chi connectivity index (χ2v) is 4.28. The molecule has 0 aliphatic heterocycles. The van der Waals surface area contributed by atoms with Gasteiger partial charge in [-0.2, -0.15) is 5.10 Å². The van der Waals surface area contributed by atoms with Gasteiger partial charge in [0.1, 0.15) is 5.69 Å². The lowest BCUT2D eigenvalue weighted by Crippen LogP contribution is -2.04. The van der Waals surface area contributed by atoms with Crippen molar-refractivity contribution in [1.82, 2.24) is 24.7 Å². The number of nitrogens with zero attached hydrogens (tertiary/aromatic N) is 5. The Morgan fingerprint density at radius 2 is 2.00 bits per heavy atom. The van der Waals surface area contributed by atoms with Crippen LogP contribution in [-0.4, -0.2) is 42.9 Å². The third kappa shape index (κ3) is 2.49. The predicted molar refractivity (Wildman–Crippen MR) is 75.9 cm³/mol. The molecule has 0 saturated carbocycles. The van der Waals surface area contributed by atoms with Gasteiger partial charge in [0.25, 0.3) is 0 Å². The fourth-order valence-electron chi connectivity index (χ4n) is 1.89. The Balaban J connectivity index is 1.99. The number of ether oxygens (including phenoxy) is 1. The number of methoxy groups -OCH3 is 1. The predicted octanol–water partition coefficient (Wildman–Crippen LogP) is 1.43. The van der Waals surface area contributed by atoms with Crippen molar-refractivity contribution in [1.29, 1.82) is 0 Å². The molecule has 3 aromatic rings. The molecular formula is C14H11N5O3. The smallest absolute Gasteiger partial charge is 0.356 e. The summed E-state index contributed by atoms with van der Waals surface area (Å²) in [5.41, 5.74) is 1.81. The maximum absolute atomic E-state index is 10.8. The van der Waals surface area contributed by atoms with Gasteiger partial charge in [0.05, 0.1) is 43.3 Å². The molecule has 0 unspecified atom stereocenters. The van der Waals surface area contributed by atoms with E-state index in [4.69, 9.17) is 9.84 Å². The van der Waals surface area contributed by atoms with Crippen LogP contribution in [0.4, 0.5) is 0 Å². The zero-order chi connectivity index (χ0) is 15.5. The molecule has 0 aliphatic carbocycles. The number of carbonyl (C=O) groups is 1. The lowest BCUT2D eigenvalue weighted by molar-refractivity contribution is 0.0690. The molecule has 3 aromatic heterocycles. The normalized spacial score (nSPS) is 10.4. The number of hydrogen-bond acceptors (Lipinski definition) is 6. The maximum atomic E-state index is 10.8. The van der Waals surface area contributed by atoms with Crippen LogP contribution >= 0.6 is 0 Å². The Hall–Kier alpha value is -3.29. The molecule has 110 valence electrons. The van der Waals surface area contributed by atoms with Crippen molar-refractivity contribution in [3.8, 4) is 23.0 Å². The second-order valence-electron chi connectivity index (χ2n) is 4.28. The van der Waals surface area contributed by atoms with E-state index < -0.39 is 5.97 Å². The van der Waals surface area contributed by atoms with Crippen LogP contribution in [0.1, 0.15) is 10.5 Å². The molecule has 3 heterocycles. The van der Waals surface area contributed by atoms with Gasteiger partial charge in [0.2, 0.25) is 5.88 Å². The van der Waals surface area contributed by atoms with Crippen molar-refractivity contribution >= 4 is 5.97 Å². The molecule has 0 atom stereocenters. The van der Waals surface area contributed by atoms with Crippen LogP contribution < -0.4 is 4.74 Å². The molecule has 0 bridgehead atoms. The van der Waals surface area contributed by atoms with E-state index in [0.29, 0.717) is 17.3 Å². The van der Waals surface area contributed by atoms with E-state index in [0.717, 1.165) is 5.69 Å². The topological polar surface area (TPSA) is 103 Å².